The number of nitro groups is 1. The summed E-state index contributed by atoms with van der Waals surface area (Å²) in [6.07, 6.45) is 0. The largest absolute Gasteiger partial charge is 0.451 e. The topological polar surface area (TPSA) is 76.2 Å². The van der Waals surface area contributed by atoms with Crippen LogP contribution < -0.4 is 4.74 Å². The second-order valence-electron chi connectivity index (χ2n) is 3.85. The van der Waals surface area contributed by atoms with Crippen molar-refractivity contribution in [1.29, 1.82) is 5.26 Å². The zero-order valence-electron chi connectivity index (χ0n) is 10.1. The summed E-state index contributed by atoms with van der Waals surface area (Å²) < 4.78 is 19.0. The van der Waals surface area contributed by atoms with Crippen LogP contribution in [-0.2, 0) is 0 Å². The van der Waals surface area contributed by atoms with E-state index in [4.69, 9.17) is 33.2 Å². The number of hydrogen-bond acceptors (Lipinski definition) is 4. The van der Waals surface area contributed by atoms with Crippen LogP contribution in [0.3, 0.4) is 0 Å². The van der Waals surface area contributed by atoms with Crippen LogP contribution in [0.2, 0.25) is 10.0 Å². The Morgan fingerprint density at radius 1 is 1.24 bits per heavy atom. The molecule has 0 atom stereocenters. The van der Waals surface area contributed by atoms with E-state index >= 15 is 0 Å². The number of hydrogen-bond donors (Lipinski definition) is 0. The van der Waals surface area contributed by atoms with Crippen LogP contribution in [-0.4, -0.2) is 4.92 Å². The van der Waals surface area contributed by atoms with Crippen LogP contribution in [0.15, 0.2) is 30.3 Å². The van der Waals surface area contributed by atoms with E-state index in [-0.39, 0.29) is 32.8 Å². The van der Waals surface area contributed by atoms with Crippen molar-refractivity contribution in [2.24, 2.45) is 0 Å². The van der Waals surface area contributed by atoms with Gasteiger partial charge in [0, 0.05) is 12.1 Å². The van der Waals surface area contributed by atoms with Gasteiger partial charge in [0.25, 0.3) is 5.69 Å². The van der Waals surface area contributed by atoms with Crippen molar-refractivity contribution < 1.29 is 14.1 Å². The van der Waals surface area contributed by atoms with E-state index in [0.717, 1.165) is 18.2 Å². The molecule has 2 rings (SSSR count). The molecule has 0 aliphatic heterocycles. The Morgan fingerprint density at radius 3 is 2.33 bits per heavy atom. The monoisotopic (exact) mass is 326 g/mol. The molecule has 0 aliphatic carbocycles. The van der Waals surface area contributed by atoms with E-state index in [1.807, 2.05) is 0 Å². The standard InChI is InChI=1S/C13H5Cl2FN2O3/c14-9-4-8(18(19)20)5-10(15)13(9)21-12-2-1-7(6-17)3-11(12)16/h1-5H. The molecule has 2 aromatic carbocycles. The lowest BCUT2D eigenvalue weighted by Gasteiger charge is -2.10. The highest BCUT2D eigenvalue weighted by molar-refractivity contribution is 6.37. The van der Waals surface area contributed by atoms with Gasteiger partial charge in [0.15, 0.2) is 17.3 Å². The van der Waals surface area contributed by atoms with Gasteiger partial charge in [0.1, 0.15) is 0 Å². The molecular formula is C13H5Cl2FN2O3. The molecule has 0 saturated carbocycles. The second kappa shape index (κ2) is 5.95. The minimum Gasteiger partial charge on any atom is -0.451 e. The third-order valence-corrected chi connectivity index (χ3v) is 3.03. The van der Waals surface area contributed by atoms with Gasteiger partial charge in [-0.05, 0) is 18.2 Å². The smallest absolute Gasteiger partial charge is 0.272 e. The lowest BCUT2D eigenvalue weighted by molar-refractivity contribution is -0.384. The number of nitrogens with zero attached hydrogens (tertiary/aromatic N) is 2. The normalized spacial score (nSPS) is 10.0. The van der Waals surface area contributed by atoms with Gasteiger partial charge in [0.2, 0.25) is 0 Å². The highest BCUT2D eigenvalue weighted by atomic mass is 35.5. The molecule has 0 amide bonds. The van der Waals surface area contributed by atoms with E-state index in [0.29, 0.717) is 0 Å². The maximum Gasteiger partial charge on any atom is 0.272 e. The second-order valence-corrected chi connectivity index (χ2v) is 4.67. The molecule has 8 heteroatoms. The van der Waals surface area contributed by atoms with Crippen LogP contribution in [0, 0.1) is 27.3 Å². The van der Waals surface area contributed by atoms with Gasteiger partial charge in [-0.2, -0.15) is 5.26 Å². The van der Waals surface area contributed by atoms with Crippen LogP contribution in [0.4, 0.5) is 10.1 Å². The predicted molar refractivity (Wildman–Crippen MR) is 74.3 cm³/mol. The number of halogens is 3. The number of ether oxygens (including phenoxy) is 1. The summed E-state index contributed by atoms with van der Waals surface area (Å²) >= 11 is 11.7. The summed E-state index contributed by atoms with van der Waals surface area (Å²) in [5.41, 5.74) is -0.182. The molecule has 0 fully saturated rings. The Hall–Kier alpha value is -2.36. The zero-order valence-corrected chi connectivity index (χ0v) is 11.7. The Morgan fingerprint density at radius 2 is 1.86 bits per heavy atom. The Balaban J connectivity index is 2.41. The molecule has 0 spiro atoms. The number of nitriles is 1. The quantitative estimate of drug-likeness (QED) is 0.604. The van der Waals surface area contributed by atoms with Gasteiger partial charge >= 0.3 is 0 Å². The summed E-state index contributed by atoms with van der Waals surface area (Å²) in [5.74, 6) is -1.08. The van der Waals surface area contributed by atoms with E-state index in [1.54, 1.807) is 6.07 Å². The number of benzene rings is 2. The third kappa shape index (κ3) is 3.21. The maximum absolute atomic E-state index is 13.7. The molecule has 0 aliphatic rings. The molecule has 0 unspecified atom stereocenters. The fourth-order valence-electron chi connectivity index (χ4n) is 1.51. The van der Waals surface area contributed by atoms with E-state index in [2.05, 4.69) is 0 Å². The van der Waals surface area contributed by atoms with Gasteiger partial charge < -0.3 is 4.74 Å². The SMILES string of the molecule is N#Cc1ccc(Oc2c(Cl)cc([N+](=O)[O-])cc2Cl)c(F)c1. The van der Waals surface area contributed by atoms with Crippen LogP contribution in [0.1, 0.15) is 5.56 Å². The van der Waals surface area contributed by atoms with Crippen LogP contribution in [0.25, 0.3) is 0 Å². The predicted octanol–water partition coefficient (Wildman–Crippen LogP) is 4.70. The fraction of sp³-hybridized carbons (Fsp3) is 0. The molecular weight excluding hydrogens is 322 g/mol. The molecule has 0 N–H and O–H groups in total. The Labute approximate surface area is 128 Å². The van der Waals surface area contributed by atoms with E-state index < -0.39 is 10.7 Å². The molecule has 0 heterocycles. The van der Waals surface area contributed by atoms with E-state index in [1.165, 1.54) is 12.1 Å². The highest BCUT2D eigenvalue weighted by Crippen LogP contribution is 2.39. The van der Waals surface area contributed by atoms with Crippen molar-refractivity contribution >= 4 is 28.9 Å². The van der Waals surface area contributed by atoms with Crippen molar-refractivity contribution in [3.63, 3.8) is 0 Å². The molecule has 21 heavy (non-hydrogen) atoms. The van der Waals surface area contributed by atoms with Gasteiger partial charge in [-0.15, -0.1) is 0 Å². The van der Waals surface area contributed by atoms with Crippen LogP contribution >= 0.6 is 23.2 Å². The van der Waals surface area contributed by atoms with E-state index in [9.17, 15) is 14.5 Å². The van der Waals surface area contributed by atoms with Crippen molar-refractivity contribution in [3.8, 4) is 17.6 Å². The molecule has 0 saturated heterocycles. The lowest BCUT2D eigenvalue weighted by atomic mass is 10.2. The first-order valence-corrected chi connectivity index (χ1v) is 6.19. The van der Waals surface area contributed by atoms with Crippen molar-refractivity contribution in [2.45, 2.75) is 0 Å². The first-order valence-electron chi connectivity index (χ1n) is 5.43. The average molecular weight is 327 g/mol. The van der Waals surface area contributed by atoms with Gasteiger partial charge in [-0.3, -0.25) is 10.1 Å². The first-order chi connectivity index (χ1) is 9.92. The number of rotatable bonds is 3. The summed E-state index contributed by atoms with van der Waals surface area (Å²) in [6, 6.07) is 7.45. The molecule has 2 aromatic rings. The van der Waals surface area contributed by atoms with Gasteiger partial charge in [-0.1, -0.05) is 23.2 Å². The average Bonchev–Trinajstić information content (AvgIpc) is 2.43. The van der Waals surface area contributed by atoms with Crippen molar-refractivity contribution in [2.75, 3.05) is 0 Å². The van der Waals surface area contributed by atoms with Crippen molar-refractivity contribution in [1.82, 2.24) is 0 Å². The highest BCUT2D eigenvalue weighted by Gasteiger charge is 2.17. The molecule has 106 valence electrons. The summed E-state index contributed by atoms with van der Waals surface area (Å²) in [7, 11) is 0. The zero-order chi connectivity index (χ0) is 15.6. The van der Waals surface area contributed by atoms with Gasteiger partial charge in [-0.25, -0.2) is 4.39 Å². The molecule has 5 nitrogen and oxygen atoms in total. The molecule has 0 aromatic heterocycles. The minimum atomic E-state index is -0.778. The van der Waals surface area contributed by atoms with Gasteiger partial charge in [0.05, 0.1) is 26.6 Å². The number of nitro benzene ring substituents is 1. The third-order valence-electron chi connectivity index (χ3n) is 2.47. The summed E-state index contributed by atoms with van der Waals surface area (Å²) in [5, 5.41) is 19.1. The maximum atomic E-state index is 13.7. The first kappa shape index (κ1) is 15.0. The van der Waals surface area contributed by atoms with Crippen LogP contribution in [0.5, 0.6) is 11.5 Å². The Bertz CT molecular complexity index is 751. The lowest BCUT2D eigenvalue weighted by Crippen LogP contribution is -1.93. The molecule has 0 radical (unpaired) electrons. The van der Waals surface area contributed by atoms with Crippen molar-refractivity contribution in [3.05, 3.63) is 61.9 Å². The minimum absolute atomic E-state index is 0.104. The molecule has 0 bridgehead atoms. The Kier molecular flexibility index (Phi) is 4.26. The summed E-state index contributed by atoms with van der Waals surface area (Å²) in [6.45, 7) is 0. The number of non-ortho nitro benzene ring substituents is 1. The fourth-order valence-corrected chi connectivity index (χ4v) is 2.07. The summed E-state index contributed by atoms with van der Waals surface area (Å²) in [4.78, 5) is 9.99.